The molecule has 0 saturated carbocycles. The number of carboxylic acids is 1. The van der Waals surface area contributed by atoms with Crippen molar-refractivity contribution < 1.29 is 19.1 Å². The second kappa shape index (κ2) is 7.53. The lowest BCUT2D eigenvalue weighted by atomic mass is 10.1. The summed E-state index contributed by atoms with van der Waals surface area (Å²) in [6.07, 6.45) is 4.97. The molecular weight excluding hydrogens is 258 g/mol. The molecule has 0 spiro atoms. The lowest BCUT2D eigenvalue weighted by Crippen LogP contribution is -2.32. The van der Waals surface area contributed by atoms with E-state index in [1.54, 1.807) is 6.92 Å². The van der Waals surface area contributed by atoms with E-state index < -0.39 is 5.97 Å². The van der Waals surface area contributed by atoms with Crippen LogP contribution in [-0.2, 0) is 6.42 Å². The Kier molecular flexibility index (Phi) is 6.03. The average molecular weight is 279 g/mol. The predicted molar refractivity (Wildman–Crippen MR) is 76.0 cm³/mol. The molecule has 1 rings (SSSR count). The normalized spacial score (nSPS) is 11.9. The van der Waals surface area contributed by atoms with Crippen LogP contribution in [0.2, 0.25) is 0 Å². The molecule has 0 aromatic carbocycles. The van der Waals surface area contributed by atoms with Gasteiger partial charge in [-0.1, -0.05) is 13.0 Å². The second-order valence-electron chi connectivity index (χ2n) is 4.70. The monoisotopic (exact) mass is 279 g/mol. The highest BCUT2D eigenvalue weighted by Gasteiger charge is 2.20. The molecule has 0 saturated heterocycles. The maximum Gasteiger partial charge on any atom is 0.339 e. The van der Waals surface area contributed by atoms with Gasteiger partial charge in [0.1, 0.15) is 11.3 Å². The zero-order valence-corrected chi connectivity index (χ0v) is 11.9. The number of carboxylic acid groups (broad SMARTS) is 1. The highest BCUT2D eigenvalue weighted by molar-refractivity contribution is 5.96. The molecule has 0 bridgehead atoms. The van der Waals surface area contributed by atoms with E-state index in [0.29, 0.717) is 12.2 Å². The molecule has 1 atom stereocenters. The standard InChI is InChI=1S/C15H21NO4/c1-4-6-7-8-10(3)16-14(17)13-9-11(15(18)19)12(5-2)20-13/h4,9-10H,1,5-8H2,2-3H3,(H,16,17)(H,18,19). The van der Waals surface area contributed by atoms with Gasteiger partial charge in [0.2, 0.25) is 0 Å². The SMILES string of the molecule is C=CCCCC(C)NC(=O)c1cc(C(=O)O)c(CC)o1. The summed E-state index contributed by atoms with van der Waals surface area (Å²) < 4.78 is 5.30. The molecule has 5 nitrogen and oxygen atoms in total. The fourth-order valence-corrected chi connectivity index (χ4v) is 1.92. The molecule has 1 heterocycles. The van der Waals surface area contributed by atoms with Crippen LogP contribution in [0.5, 0.6) is 0 Å². The van der Waals surface area contributed by atoms with E-state index in [2.05, 4.69) is 11.9 Å². The third-order valence-electron chi connectivity index (χ3n) is 3.01. The van der Waals surface area contributed by atoms with Crippen molar-refractivity contribution in [3.8, 4) is 0 Å². The molecule has 1 aromatic heterocycles. The highest BCUT2D eigenvalue weighted by atomic mass is 16.4. The molecule has 1 amide bonds. The summed E-state index contributed by atoms with van der Waals surface area (Å²) >= 11 is 0. The van der Waals surface area contributed by atoms with Crippen LogP contribution < -0.4 is 5.32 Å². The molecular formula is C15H21NO4. The molecule has 0 radical (unpaired) electrons. The first-order valence-electron chi connectivity index (χ1n) is 6.77. The summed E-state index contributed by atoms with van der Waals surface area (Å²) in [5.41, 5.74) is 0.0527. The summed E-state index contributed by atoms with van der Waals surface area (Å²) in [5, 5.41) is 11.8. The first-order chi connectivity index (χ1) is 9.49. The van der Waals surface area contributed by atoms with Crippen molar-refractivity contribution in [2.75, 3.05) is 0 Å². The van der Waals surface area contributed by atoms with Crippen LogP contribution >= 0.6 is 0 Å². The summed E-state index contributed by atoms with van der Waals surface area (Å²) in [6.45, 7) is 7.33. The number of aromatic carboxylic acids is 1. The number of unbranched alkanes of at least 4 members (excludes halogenated alkanes) is 1. The van der Waals surface area contributed by atoms with Gasteiger partial charge in [0, 0.05) is 18.5 Å². The number of furan rings is 1. The van der Waals surface area contributed by atoms with Crippen molar-refractivity contribution in [3.05, 3.63) is 35.8 Å². The van der Waals surface area contributed by atoms with E-state index in [4.69, 9.17) is 9.52 Å². The van der Waals surface area contributed by atoms with E-state index in [0.717, 1.165) is 19.3 Å². The fraction of sp³-hybridized carbons (Fsp3) is 0.467. The second-order valence-corrected chi connectivity index (χ2v) is 4.70. The first kappa shape index (κ1) is 16.0. The minimum atomic E-state index is -1.08. The Labute approximate surface area is 118 Å². The molecule has 0 aliphatic carbocycles. The van der Waals surface area contributed by atoms with Gasteiger partial charge in [-0.05, 0) is 26.2 Å². The van der Waals surface area contributed by atoms with Crippen molar-refractivity contribution in [2.45, 2.75) is 45.6 Å². The van der Waals surface area contributed by atoms with Gasteiger partial charge in [0.15, 0.2) is 5.76 Å². The molecule has 2 N–H and O–H groups in total. The first-order valence-corrected chi connectivity index (χ1v) is 6.77. The van der Waals surface area contributed by atoms with Gasteiger partial charge in [-0.25, -0.2) is 4.79 Å². The summed E-state index contributed by atoms with van der Waals surface area (Å²) in [4.78, 5) is 23.0. The summed E-state index contributed by atoms with van der Waals surface area (Å²) in [6, 6.07) is 1.29. The lowest BCUT2D eigenvalue weighted by Gasteiger charge is -2.11. The van der Waals surface area contributed by atoms with Crippen LogP contribution in [0.15, 0.2) is 23.1 Å². The van der Waals surface area contributed by atoms with Crippen molar-refractivity contribution in [1.82, 2.24) is 5.32 Å². The van der Waals surface area contributed by atoms with Crippen LogP contribution in [0.4, 0.5) is 0 Å². The number of amides is 1. The molecule has 20 heavy (non-hydrogen) atoms. The van der Waals surface area contributed by atoms with Crippen LogP contribution in [0, 0.1) is 0 Å². The zero-order chi connectivity index (χ0) is 15.1. The fourth-order valence-electron chi connectivity index (χ4n) is 1.92. The minimum absolute atomic E-state index is 0.00547. The summed E-state index contributed by atoms with van der Waals surface area (Å²) in [5.74, 6) is -1.08. The van der Waals surface area contributed by atoms with E-state index in [9.17, 15) is 9.59 Å². The zero-order valence-electron chi connectivity index (χ0n) is 11.9. The van der Waals surface area contributed by atoms with Crippen molar-refractivity contribution in [1.29, 1.82) is 0 Å². The molecule has 5 heteroatoms. The number of carbonyl (C=O) groups excluding carboxylic acids is 1. The topological polar surface area (TPSA) is 79.5 Å². The number of hydrogen-bond donors (Lipinski definition) is 2. The average Bonchev–Trinajstić information content (AvgIpc) is 2.83. The van der Waals surface area contributed by atoms with Crippen molar-refractivity contribution >= 4 is 11.9 Å². The summed E-state index contributed by atoms with van der Waals surface area (Å²) in [7, 11) is 0. The van der Waals surface area contributed by atoms with Gasteiger partial charge in [-0.15, -0.1) is 6.58 Å². The quantitative estimate of drug-likeness (QED) is 0.566. The number of hydrogen-bond acceptors (Lipinski definition) is 3. The third-order valence-corrected chi connectivity index (χ3v) is 3.01. The number of allylic oxidation sites excluding steroid dienone is 1. The Hall–Kier alpha value is -2.04. The smallest absolute Gasteiger partial charge is 0.339 e. The molecule has 0 aliphatic rings. The minimum Gasteiger partial charge on any atom is -0.478 e. The maximum atomic E-state index is 12.0. The van der Waals surface area contributed by atoms with E-state index in [1.165, 1.54) is 6.07 Å². The number of carbonyl (C=O) groups is 2. The van der Waals surface area contributed by atoms with Gasteiger partial charge in [-0.2, -0.15) is 0 Å². The Balaban J connectivity index is 2.67. The van der Waals surface area contributed by atoms with E-state index in [1.807, 2.05) is 13.0 Å². The van der Waals surface area contributed by atoms with Crippen LogP contribution in [0.1, 0.15) is 59.8 Å². The lowest BCUT2D eigenvalue weighted by molar-refractivity contribution is 0.0694. The third kappa shape index (κ3) is 4.26. The Morgan fingerprint density at radius 3 is 2.75 bits per heavy atom. The molecule has 0 fully saturated rings. The number of aryl methyl sites for hydroxylation is 1. The van der Waals surface area contributed by atoms with Crippen LogP contribution in [0.25, 0.3) is 0 Å². The van der Waals surface area contributed by atoms with Crippen molar-refractivity contribution in [3.63, 3.8) is 0 Å². The van der Waals surface area contributed by atoms with Gasteiger partial charge in [-0.3, -0.25) is 4.79 Å². The largest absolute Gasteiger partial charge is 0.478 e. The molecule has 110 valence electrons. The molecule has 1 aromatic rings. The predicted octanol–water partition coefficient (Wildman–Crippen LogP) is 3.01. The van der Waals surface area contributed by atoms with Gasteiger partial charge < -0.3 is 14.8 Å². The van der Waals surface area contributed by atoms with Gasteiger partial charge >= 0.3 is 5.97 Å². The van der Waals surface area contributed by atoms with Crippen LogP contribution in [0.3, 0.4) is 0 Å². The number of rotatable bonds is 8. The van der Waals surface area contributed by atoms with Gasteiger partial charge in [0.05, 0.1) is 0 Å². The van der Waals surface area contributed by atoms with Gasteiger partial charge in [0.25, 0.3) is 5.91 Å². The Bertz CT molecular complexity index is 490. The highest BCUT2D eigenvalue weighted by Crippen LogP contribution is 2.16. The Morgan fingerprint density at radius 2 is 2.25 bits per heavy atom. The molecule has 1 unspecified atom stereocenters. The van der Waals surface area contributed by atoms with Crippen LogP contribution in [-0.4, -0.2) is 23.0 Å². The van der Waals surface area contributed by atoms with E-state index in [-0.39, 0.29) is 23.3 Å². The Morgan fingerprint density at radius 1 is 1.55 bits per heavy atom. The maximum absolute atomic E-state index is 12.0. The van der Waals surface area contributed by atoms with Crippen molar-refractivity contribution in [2.24, 2.45) is 0 Å². The number of nitrogens with one attached hydrogen (secondary N) is 1. The molecule has 0 aliphatic heterocycles. The van der Waals surface area contributed by atoms with E-state index >= 15 is 0 Å².